The number of benzene rings is 2. The Morgan fingerprint density at radius 2 is 1.88 bits per heavy atom. The van der Waals surface area contributed by atoms with Gasteiger partial charge in [-0.1, -0.05) is 55.3 Å². The molecule has 0 aromatic heterocycles. The zero-order chi connectivity index (χ0) is 18.4. The van der Waals surface area contributed by atoms with Crippen LogP contribution in [0.15, 0.2) is 54.6 Å². The summed E-state index contributed by atoms with van der Waals surface area (Å²) in [5.41, 5.74) is 1.28. The fraction of sp³-hybridized carbons (Fsp3) is 0.409. The summed E-state index contributed by atoms with van der Waals surface area (Å²) >= 11 is 0. The number of hydrogen-bond acceptors (Lipinski definition) is 3. The van der Waals surface area contributed by atoms with E-state index in [1.54, 1.807) is 7.11 Å². The Bertz CT molecular complexity index is 723. The topological polar surface area (TPSA) is 58.6 Å². The van der Waals surface area contributed by atoms with Crippen LogP contribution < -0.4 is 10.1 Å². The first kappa shape index (κ1) is 18.5. The molecule has 0 bridgehead atoms. The number of carbonyl (C=O) groups is 1. The van der Waals surface area contributed by atoms with E-state index in [9.17, 15) is 9.90 Å². The monoisotopic (exact) mass is 353 g/mol. The molecule has 4 heteroatoms. The van der Waals surface area contributed by atoms with E-state index in [4.69, 9.17) is 4.74 Å². The third kappa shape index (κ3) is 4.64. The van der Waals surface area contributed by atoms with Crippen LogP contribution in [0.4, 0.5) is 0 Å². The minimum Gasteiger partial charge on any atom is -0.497 e. The molecule has 1 atom stereocenters. The molecule has 1 amide bonds. The average Bonchev–Trinajstić information content (AvgIpc) is 3.12. The van der Waals surface area contributed by atoms with E-state index < -0.39 is 5.60 Å². The molecule has 0 saturated heterocycles. The molecule has 1 aliphatic carbocycles. The average molecular weight is 353 g/mol. The molecule has 1 aliphatic rings. The van der Waals surface area contributed by atoms with E-state index in [-0.39, 0.29) is 11.8 Å². The van der Waals surface area contributed by atoms with Crippen LogP contribution >= 0.6 is 0 Å². The highest BCUT2D eigenvalue weighted by molar-refractivity contribution is 5.84. The van der Waals surface area contributed by atoms with Gasteiger partial charge in [-0.25, -0.2) is 0 Å². The van der Waals surface area contributed by atoms with Gasteiger partial charge >= 0.3 is 0 Å². The molecule has 2 aromatic rings. The third-order valence-electron chi connectivity index (χ3n) is 5.22. The minimum atomic E-state index is -0.749. The number of hydrogen-bond donors (Lipinski definition) is 2. The van der Waals surface area contributed by atoms with Crippen LogP contribution in [0.5, 0.6) is 5.75 Å². The van der Waals surface area contributed by atoms with Crippen LogP contribution in [0.1, 0.15) is 42.7 Å². The van der Waals surface area contributed by atoms with Crippen LogP contribution in [0, 0.1) is 0 Å². The summed E-state index contributed by atoms with van der Waals surface area (Å²) < 4.78 is 5.32. The lowest BCUT2D eigenvalue weighted by Gasteiger charge is -2.25. The van der Waals surface area contributed by atoms with E-state index in [1.807, 2.05) is 54.6 Å². The van der Waals surface area contributed by atoms with Gasteiger partial charge in [0.15, 0.2) is 0 Å². The highest BCUT2D eigenvalue weighted by Gasteiger charge is 2.32. The quantitative estimate of drug-likeness (QED) is 0.802. The first-order valence-electron chi connectivity index (χ1n) is 9.28. The predicted octanol–water partition coefficient (Wildman–Crippen LogP) is 3.44. The van der Waals surface area contributed by atoms with Gasteiger partial charge in [-0.15, -0.1) is 0 Å². The van der Waals surface area contributed by atoms with Crippen molar-refractivity contribution < 1.29 is 14.6 Å². The second-order valence-corrected chi connectivity index (χ2v) is 7.17. The highest BCUT2D eigenvalue weighted by Crippen LogP contribution is 2.29. The fourth-order valence-electron chi connectivity index (χ4n) is 3.65. The largest absolute Gasteiger partial charge is 0.497 e. The SMILES string of the molecule is COc1cccc(C(Cc2ccccc2)C(=O)NCC2(O)CCCC2)c1. The Labute approximate surface area is 155 Å². The Balaban J connectivity index is 1.78. The third-order valence-corrected chi connectivity index (χ3v) is 5.22. The maximum atomic E-state index is 13.0. The summed E-state index contributed by atoms with van der Waals surface area (Å²) in [6.07, 6.45) is 4.18. The maximum absolute atomic E-state index is 13.0. The Hall–Kier alpha value is -2.33. The maximum Gasteiger partial charge on any atom is 0.227 e. The summed E-state index contributed by atoms with van der Waals surface area (Å²) in [6.45, 7) is 0.321. The van der Waals surface area contributed by atoms with Crippen molar-refractivity contribution in [1.82, 2.24) is 5.32 Å². The van der Waals surface area contributed by atoms with Crippen molar-refractivity contribution in [2.45, 2.75) is 43.6 Å². The van der Waals surface area contributed by atoms with Gasteiger partial charge in [0.05, 0.1) is 18.6 Å². The van der Waals surface area contributed by atoms with E-state index in [1.165, 1.54) is 0 Å². The highest BCUT2D eigenvalue weighted by atomic mass is 16.5. The van der Waals surface area contributed by atoms with Crippen molar-refractivity contribution in [1.29, 1.82) is 0 Å². The van der Waals surface area contributed by atoms with E-state index in [2.05, 4.69) is 5.32 Å². The molecule has 4 nitrogen and oxygen atoms in total. The molecule has 2 N–H and O–H groups in total. The van der Waals surface area contributed by atoms with Crippen molar-refractivity contribution in [3.63, 3.8) is 0 Å². The molecule has 1 saturated carbocycles. The van der Waals surface area contributed by atoms with Gasteiger partial charge in [0.25, 0.3) is 0 Å². The molecule has 1 fully saturated rings. The first-order valence-corrected chi connectivity index (χ1v) is 9.28. The molecule has 2 aromatic carbocycles. The summed E-state index contributed by atoms with van der Waals surface area (Å²) in [5.74, 6) is 0.364. The number of nitrogens with one attached hydrogen (secondary N) is 1. The molecular weight excluding hydrogens is 326 g/mol. The summed E-state index contributed by atoms with van der Waals surface area (Å²) in [7, 11) is 1.63. The zero-order valence-electron chi connectivity index (χ0n) is 15.3. The van der Waals surface area contributed by atoms with Crippen LogP contribution in [-0.2, 0) is 11.2 Å². The van der Waals surface area contributed by atoms with Crippen molar-refractivity contribution in [3.8, 4) is 5.75 Å². The van der Waals surface area contributed by atoms with Crippen molar-refractivity contribution in [3.05, 3.63) is 65.7 Å². The number of aliphatic hydroxyl groups is 1. The molecule has 138 valence electrons. The standard InChI is InChI=1S/C22H27NO3/c1-26-19-11-7-10-18(15-19)20(14-17-8-3-2-4-9-17)21(24)23-16-22(25)12-5-6-13-22/h2-4,7-11,15,20,25H,5-6,12-14,16H2,1H3,(H,23,24). The summed E-state index contributed by atoms with van der Waals surface area (Å²) in [6, 6.07) is 17.7. The van der Waals surface area contributed by atoms with E-state index >= 15 is 0 Å². The van der Waals surface area contributed by atoms with E-state index in [0.717, 1.165) is 42.6 Å². The summed E-state index contributed by atoms with van der Waals surface area (Å²) in [5, 5.41) is 13.5. The van der Waals surface area contributed by atoms with Crippen molar-refractivity contribution >= 4 is 5.91 Å². The Morgan fingerprint density at radius 1 is 1.15 bits per heavy atom. The van der Waals surface area contributed by atoms with Crippen LogP contribution in [0.2, 0.25) is 0 Å². The molecule has 0 radical (unpaired) electrons. The molecule has 0 heterocycles. The lowest BCUT2D eigenvalue weighted by Crippen LogP contribution is -2.42. The van der Waals surface area contributed by atoms with Gasteiger partial charge in [-0.2, -0.15) is 0 Å². The Morgan fingerprint density at radius 3 is 2.58 bits per heavy atom. The number of ether oxygens (including phenoxy) is 1. The van der Waals surface area contributed by atoms with Crippen LogP contribution in [0.25, 0.3) is 0 Å². The van der Waals surface area contributed by atoms with Crippen molar-refractivity contribution in [2.24, 2.45) is 0 Å². The van der Waals surface area contributed by atoms with Gasteiger partial charge in [0.2, 0.25) is 5.91 Å². The van der Waals surface area contributed by atoms with Crippen LogP contribution in [0.3, 0.4) is 0 Å². The number of rotatable bonds is 7. The number of methoxy groups -OCH3 is 1. The molecule has 26 heavy (non-hydrogen) atoms. The smallest absolute Gasteiger partial charge is 0.227 e. The molecule has 3 rings (SSSR count). The predicted molar refractivity (Wildman–Crippen MR) is 102 cm³/mol. The Kier molecular flexibility index (Phi) is 5.94. The first-order chi connectivity index (χ1) is 12.6. The zero-order valence-corrected chi connectivity index (χ0v) is 15.3. The van der Waals surface area contributed by atoms with Gasteiger partial charge in [0.1, 0.15) is 5.75 Å². The summed E-state index contributed by atoms with van der Waals surface area (Å²) in [4.78, 5) is 13.0. The van der Waals surface area contributed by atoms with Gasteiger partial charge in [-0.3, -0.25) is 4.79 Å². The lowest BCUT2D eigenvalue weighted by atomic mass is 9.90. The van der Waals surface area contributed by atoms with E-state index in [0.29, 0.717) is 13.0 Å². The number of amides is 1. The molecular formula is C22H27NO3. The second kappa shape index (κ2) is 8.37. The molecule has 0 spiro atoms. The van der Waals surface area contributed by atoms with Crippen molar-refractivity contribution in [2.75, 3.05) is 13.7 Å². The fourth-order valence-corrected chi connectivity index (χ4v) is 3.65. The normalized spacial score (nSPS) is 16.8. The number of carbonyl (C=O) groups excluding carboxylic acids is 1. The second-order valence-electron chi connectivity index (χ2n) is 7.17. The molecule has 0 aliphatic heterocycles. The molecule has 1 unspecified atom stereocenters. The minimum absolute atomic E-state index is 0.0533. The van der Waals surface area contributed by atoms with Gasteiger partial charge in [-0.05, 0) is 42.5 Å². The lowest BCUT2D eigenvalue weighted by molar-refractivity contribution is -0.123. The van der Waals surface area contributed by atoms with Crippen LogP contribution in [-0.4, -0.2) is 30.3 Å². The van der Waals surface area contributed by atoms with Gasteiger partial charge < -0.3 is 15.2 Å². The van der Waals surface area contributed by atoms with Gasteiger partial charge in [0, 0.05) is 6.54 Å².